The summed E-state index contributed by atoms with van der Waals surface area (Å²) in [6.45, 7) is 0.683. The molecule has 0 fully saturated rings. The summed E-state index contributed by atoms with van der Waals surface area (Å²) in [4.78, 5) is 13.0. The summed E-state index contributed by atoms with van der Waals surface area (Å²) in [7, 11) is 3.26. The molecule has 3 aromatic rings. The molecule has 8 heteroatoms. The van der Waals surface area contributed by atoms with Crippen molar-refractivity contribution in [3.8, 4) is 11.4 Å². The summed E-state index contributed by atoms with van der Waals surface area (Å²) in [5.41, 5.74) is 2.49. The van der Waals surface area contributed by atoms with E-state index < -0.39 is 0 Å². The van der Waals surface area contributed by atoms with Crippen molar-refractivity contribution in [2.75, 3.05) is 7.11 Å². The van der Waals surface area contributed by atoms with Gasteiger partial charge in [-0.05, 0) is 35.8 Å². The normalized spacial score (nSPS) is 10.8. The molecule has 0 atom stereocenters. The van der Waals surface area contributed by atoms with Crippen LogP contribution in [0.2, 0.25) is 0 Å². The third-order valence-electron chi connectivity index (χ3n) is 3.60. The number of esters is 1. The molecule has 0 saturated heterocycles. The van der Waals surface area contributed by atoms with Crippen LogP contribution < -0.4 is 0 Å². The molecule has 0 aliphatic rings. The lowest BCUT2D eigenvalue weighted by molar-refractivity contribution is 0.0601. The molecule has 1 aromatic carbocycles. The summed E-state index contributed by atoms with van der Waals surface area (Å²) in [6, 6.07) is 6.93. The Morgan fingerprint density at radius 2 is 2.04 bits per heavy atom. The highest BCUT2D eigenvalue weighted by Gasteiger charge is 2.09. The standard InChI is InChI=1S/C16H18N6O2/c1-21-11-12(10-17-21)4-3-9-22-19-15(18-20-22)13-5-7-14(8-6-13)16(23)24-2/h5-8,10-11H,3-4,9H2,1-2H3. The number of aromatic nitrogens is 6. The van der Waals surface area contributed by atoms with E-state index in [4.69, 9.17) is 0 Å². The van der Waals surface area contributed by atoms with Crippen LogP contribution in [0.5, 0.6) is 0 Å². The highest BCUT2D eigenvalue weighted by molar-refractivity contribution is 5.89. The van der Waals surface area contributed by atoms with Crippen LogP contribution in [0.3, 0.4) is 0 Å². The molecule has 0 radical (unpaired) electrons. The monoisotopic (exact) mass is 326 g/mol. The molecule has 3 rings (SSSR count). The number of hydrogen-bond acceptors (Lipinski definition) is 6. The fraction of sp³-hybridized carbons (Fsp3) is 0.312. The fourth-order valence-electron chi connectivity index (χ4n) is 2.35. The molecule has 2 heterocycles. The molecule has 0 N–H and O–H groups in total. The van der Waals surface area contributed by atoms with E-state index in [1.54, 1.807) is 33.7 Å². The van der Waals surface area contributed by atoms with E-state index in [1.807, 2.05) is 19.4 Å². The first-order valence-electron chi connectivity index (χ1n) is 7.60. The van der Waals surface area contributed by atoms with Gasteiger partial charge in [-0.1, -0.05) is 12.1 Å². The molecule has 0 amide bonds. The number of nitrogens with zero attached hydrogens (tertiary/aromatic N) is 6. The van der Waals surface area contributed by atoms with Gasteiger partial charge in [0.2, 0.25) is 5.82 Å². The number of carbonyl (C=O) groups excluding carboxylic acids is 1. The Hall–Kier alpha value is -3.03. The van der Waals surface area contributed by atoms with E-state index in [2.05, 4.69) is 25.2 Å². The molecule has 0 unspecified atom stereocenters. The Bertz CT molecular complexity index is 821. The van der Waals surface area contributed by atoms with Gasteiger partial charge in [-0.3, -0.25) is 4.68 Å². The Kier molecular flexibility index (Phi) is 4.64. The van der Waals surface area contributed by atoms with Gasteiger partial charge in [-0.15, -0.1) is 10.2 Å². The van der Waals surface area contributed by atoms with Crippen molar-refractivity contribution < 1.29 is 9.53 Å². The van der Waals surface area contributed by atoms with Crippen molar-refractivity contribution >= 4 is 5.97 Å². The van der Waals surface area contributed by atoms with E-state index in [1.165, 1.54) is 12.7 Å². The lowest BCUT2D eigenvalue weighted by atomic mass is 10.1. The molecule has 24 heavy (non-hydrogen) atoms. The summed E-state index contributed by atoms with van der Waals surface area (Å²) in [5, 5.41) is 16.6. The zero-order valence-electron chi connectivity index (χ0n) is 13.6. The third-order valence-corrected chi connectivity index (χ3v) is 3.60. The molecule has 2 aromatic heterocycles. The van der Waals surface area contributed by atoms with E-state index in [-0.39, 0.29) is 5.97 Å². The maximum atomic E-state index is 11.4. The molecule has 0 bridgehead atoms. The predicted molar refractivity (Wildman–Crippen MR) is 86.1 cm³/mol. The van der Waals surface area contributed by atoms with Gasteiger partial charge >= 0.3 is 5.97 Å². The second-order valence-electron chi connectivity index (χ2n) is 5.40. The number of tetrazole rings is 1. The van der Waals surface area contributed by atoms with E-state index >= 15 is 0 Å². The first-order valence-corrected chi connectivity index (χ1v) is 7.60. The molecule has 0 aliphatic heterocycles. The second-order valence-corrected chi connectivity index (χ2v) is 5.40. The Morgan fingerprint density at radius 1 is 1.25 bits per heavy atom. The van der Waals surface area contributed by atoms with Crippen LogP contribution in [0, 0.1) is 0 Å². The maximum Gasteiger partial charge on any atom is 0.337 e. The predicted octanol–water partition coefficient (Wildman–Crippen LogP) is 1.49. The molecular formula is C16H18N6O2. The van der Waals surface area contributed by atoms with E-state index in [9.17, 15) is 4.79 Å². The van der Waals surface area contributed by atoms with Gasteiger partial charge in [0.25, 0.3) is 0 Å². The van der Waals surface area contributed by atoms with Gasteiger partial charge in [0, 0.05) is 18.8 Å². The van der Waals surface area contributed by atoms with Crippen molar-refractivity contribution in [1.29, 1.82) is 0 Å². The maximum absolute atomic E-state index is 11.4. The third kappa shape index (κ3) is 3.65. The lowest BCUT2D eigenvalue weighted by Gasteiger charge is -2.00. The minimum absolute atomic E-state index is 0.367. The quantitative estimate of drug-likeness (QED) is 0.638. The van der Waals surface area contributed by atoms with Crippen molar-refractivity contribution in [1.82, 2.24) is 30.0 Å². The Labute approximate surface area is 139 Å². The number of hydrogen-bond donors (Lipinski definition) is 0. The molecule has 0 aliphatic carbocycles. The van der Waals surface area contributed by atoms with Gasteiger partial charge in [0.1, 0.15) is 0 Å². The van der Waals surface area contributed by atoms with Crippen molar-refractivity contribution in [2.45, 2.75) is 19.4 Å². The number of carbonyl (C=O) groups is 1. The van der Waals surface area contributed by atoms with Crippen molar-refractivity contribution in [2.24, 2.45) is 7.05 Å². The molecule has 0 spiro atoms. The topological polar surface area (TPSA) is 87.7 Å². The minimum atomic E-state index is -0.367. The van der Waals surface area contributed by atoms with E-state index in [0.717, 1.165) is 18.4 Å². The van der Waals surface area contributed by atoms with Crippen LogP contribution in [-0.4, -0.2) is 43.1 Å². The van der Waals surface area contributed by atoms with Crippen LogP contribution in [0.1, 0.15) is 22.3 Å². The van der Waals surface area contributed by atoms with Gasteiger partial charge < -0.3 is 4.74 Å². The summed E-state index contributed by atoms with van der Waals surface area (Å²) >= 11 is 0. The number of benzene rings is 1. The zero-order valence-corrected chi connectivity index (χ0v) is 13.6. The van der Waals surface area contributed by atoms with Gasteiger partial charge in [-0.25, -0.2) is 4.79 Å². The zero-order chi connectivity index (χ0) is 16.9. The smallest absolute Gasteiger partial charge is 0.337 e. The first-order chi connectivity index (χ1) is 11.7. The van der Waals surface area contributed by atoms with E-state index in [0.29, 0.717) is 17.9 Å². The van der Waals surface area contributed by atoms with Crippen molar-refractivity contribution in [3.05, 3.63) is 47.8 Å². The highest BCUT2D eigenvalue weighted by atomic mass is 16.5. The molecular weight excluding hydrogens is 308 g/mol. The number of rotatable bonds is 6. The van der Waals surface area contributed by atoms with Crippen LogP contribution >= 0.6 is 0 Å². The summed E-state index contributed by atoms with van der Waals surface area (Å²) in [5.74, 6) is 0.168. The second kappa shape index (κ2) is 7.03. The minimum Gasteiger partial charge on any atom is -0.465 e. The summed E-state index contributed by atoms with van der Waals surface area (Å²) in [6.07, 6.45) is 5.69. The summed E-state index contributed by atoms with van der Waals surface area (Å²) < 4.78 is 6.47. The molecule has 124 valence electrons. The van der Waals surface area contributed by atoms with Crippen LogP contribution in [0.25, 0.3) is 11.4 Å². The largest absolute Gasteiger partial charge is 0.465 e. The first kappa shape index (κ1) is 15.9. The Balaban J connectivity index is 1.59. The van der Waals surface area contributed by atoms with Crippen molar-refractivity contribution in [3.63, 3.8) is 0 Å². The number of aryl methyl sites for hydroxylation is 3. The average molecular weight is 326 g/mol. The lowest BCUT2D eigenvalue weighted by Crippen LogP contribution is -2.03. The molecule has 8 nitrogen and oxygen atoms in total. The molecule has 0 saturated carbocycles. The Morgan fingerprint density at radius 3 is 2.71 bits per heavy atom. The fourth-order valence-corrected chi connectivity index (χ4v) is 2.35. The van der Waals surface area contributed by atoms with Gasteiger partial charge in [0.15, 0.2) is 0 Å². The number of ether oxygens (including phenoxy) is 1. The van der Waals surface area contributed by atoms with Crippen LogP contribution in [0.15, 0.2) is 36.7 Å². The number of methoxy groups -OCH3 is 1. The highest BCUT2D eigenvalue weighted by Crippen LogP contribution is 2.15. The van der Waals surface area contributed by atoms with Crippen LogP contribution in [0.4, 0.5) is 0 Å². The van der Waals surface area contributed by atoms with Gasteiger partial charge in [0.05, 0.1) is 25.4 Å². The van der Waals surface area contributed by atoms with Crippen LogP contribution in [-0.2, 0) is 24.8 Å². The van der Waals surface area contributed by atoms with Gasteiger partial charge in [-0.2, -0.15) is 9.90 Å². The SMILES string of the molecule is COC(=O)c1ccc(-c2nnn(CCCc3cnn(C)c3)n2)cc1. The average Bonchev–Trinajstić information content (AvgIpc) is 3.24.